The van der Waals surface area contributed by atoms with E-state index in [1.165, 1.54) is 11.0 Å². The number of rotatable bonds is 2. The Balaban J connectivity index is 2.05. The van der Waals surface area contributed by atoms with E-state index in [0.717, 1.165) is 19.4 Å². The molecule has 23 heavy (non-hydrogen) atoms. The molecule has 0 aliphatic carbocycles. The Bertz CT molecular complexity index is 868. The predicted octanol–water partition coefficient (Wildman–Crippen LogP) is 3.09. The first-order valence-corrected chi connectivity index (χ1v) is 8.51. The maximum atomic E-state index is 12.7. The van der Waals surface area contributed by atoms with Gasteiger partial charge in [0.2, 0.25) is 0 Å². The van der Waals surface area contributed by atoms with Crippen LogP contribution in [0.4, 0.5) is 0 Å². The second kappa shape index (κ2) is 6.28. The van der Waals surface area contributed by atoms with Crippen LogP contribution in [0.15, 0.2) is 23.0 Å². The molecule has 1 atom stereocenters. The fourth-order valence-electron chi connectivity index (χ4n) is 3.24. The first-order chi connectivity index (χ1) is 11.0. The van der Waals surface area contributed by atoms with Crippen molar-refractivity contribution in [1.82, 2.24) is 14.5 Å². The normalized spacial score (nSPS) is 18.3. The van der Waals surface area contributed by atoms with Crippen LogP contribution < -0.4 is 5.56 Å². The van der Waals surface area contributed by atoms with E-state index >= 15 is 0 Å². The molecule has 0 radical (unpaired) electrons. The molecule has 1 N–H and O–H groups in total. The molecule has 6 heteroatoms. The van der Waals surface area contributed by atoms with E-state index in [-0.39, 0.29) is 17.5 Å². The summed E-state index contributed by atoms with van der Waals surface area (Å²) >= 11 is 5.23. The van der Waals surface area contributed by atoms with Crippen LogP contribution in [0.5, 0.6) is 0 Å². The van der Waals surface area contributed by atoms with Crippen LogP contribution in [0.2, 0.25) is 0 Å². The molecule has 1 aliphatic heterocycles. The van der Waals surface area contributed by atoms with E-state index in [1.807, 2.05) is 11.8 Å². The van der Waals surface area contributed by atoms with Gasteiger partial charge in [0.05, 0.1) is 10.9 Å². The predicted molar refractivity (Wildman–Crippen MR) is 93.4 cm³/mol. The number of aromatic amines is 1. The highest BCUT2D eigenvalue weighted by atomic mass is 32.1. The number of H-pyrrole nitrogens is 1. The van der Waals surface area contributed by atoms with Gasteiger partial charge in [0.1, 0.15) is 0 Å². The summed E-state index contributed by atoms with van der Waals surface area (Å²) in [6, 6.07) is 5.47. The van der Waals surface area contributed by atoms with Crippen molar-refractivity contribution < 1.29 is 4.79 Å². The van der Waals surface area contributed by atoms with Gasteiger partial charge >= 0.3 is 0 Å². The van der Waals surface area contributed by atoms with E-state index in [1.54, 1.807) is 18.2 Å². The van der Waals surface area contributed by atoms with Crippen LogP contribution in [-0.2, 0) is 6.54 Å². The fraction of sp³-hybridized carbons (Fsp3) is 0.471. The van der Waals surface area contributed by atoms with Crippen LogP contribution >= 0.6 is 12.2 Å². The Morgan fingerprint density at radius 1 is 1.39 bits per heavy atom. The molecule has 2 aromatic rings. The van der Waals surface area contributed by atoms with Gasteiger partial charge in [0, 0.05) is 24.7 Å². The summed E-state index contributed by atoms with van der Waals surface area (Å²) in [7, 11) is 0. The number of fused-ring (bicyclic) bond motifs is 1. The average molecular weight is 331 g/mol. The van der Waals surface area contributed by atoms with Gasteiger partial charge < -0.3 is 9.88 Å². The van der Waals surface area contributed by atoms with Gasteiger partial charge in [-0.3, -0.25) is 14.2 Å². The third-order valence-electron chi connectivity index (χ3n) is 4.61. The number of piperidine rings is 1. The first-order valence-electron chi connectivity index (χ1n) is 8.10. The van der Waals surface area contributed by atoms with Crippen LogP contribution in [0.25, 0.3) is 10.9 Å². The van der Waals surface area contributed by atoms with Crippen LogP contribution in [0.3, 0.4) is 0 Å². The number of hydrogen-bond acceptors (Lipinski definition) is 3. The Hall–Kier alpha value is -1.95. The Morgan fingerprint density at radius 2 is 2.17 bits per heavy atom. The monoisotopic (exact) mass is 331 g/mol. The number of likely N-dealkylation sites (tertiary alicyclic amines) is 1. The summed E-state index contributed by atoms with van der Waals surface area (Å²) in [5.74, 6) is 0.0260. The Kier molecular flexibility index (Phi) is 4.35. The largest absolute Gasteiger partial charge is 0.336 e. The smallest absolute Gasteiger partial charge is 0.262 e. The number of carbonyl (C=O) groups excluding carboxylic acids is 1. The minimum absolute atomic E-state index is 0.0260. The molecule has 2 heterocycles. The van der Waals surface area contributed by atoms with Crippen LogP contribution in [0.1, 0.15) is 43.5 Å². The quantitative estimate of drug-likeness (QED) is 0.860. The zero-order chi connectivity index (χ0) is 16.6. The van der Waals surface area contributed by atoms with E-state index < -0.39 is 0 Å². The van der Waals surface area contributed by atoms with Crippen molar-refractivity contribution in [2.24, 2.45) is 0 Å². The standard InChI is InChI=1S/C17H21N3O2S/c1-3-19-16(22)13-8-7-12(10-14(13)18-17(19)23)15(21)20-9-5-4-6-11(20)2/h7-8,10-11H,3-6,9H2,1-2H3,(H,18,23)/t11-/m1/s1. The highest BCUT2D eigenvalue weighted by molar-refractivity contribution is 7.71. The molecule has 122 valence electrons. The second-order valence-electron chi connectivity index (χ2n) is 6.08. The molecule has 1 amide bonds. The Labute approximate surface area is 139 Å². The van der Waals surface area contributed by atoms with Crippen molar-refractivity contribution in [3.8, 4) is 0 Å². The SMILES string of the molecule is CCn1c(=S)[nH]c2cc(C(=O)N3CCCC[C@H]3C)ccc2c1=O. The summed E-state index contributed by atoms with van der Waals surface area (Å²) in [4.78, 5) is 30.1. The van der Waals surface area contributed by atoms with E-state index in [0.29, 0.717) is 27.8 Å². The number of nitrogens with zero attached hydrogens (tertiary/aromatic N) is 2. The van der Waals surface area contributed by atoms with E-state index in [2.05, 4.69) is 11.9 Å². The molecule has 1 aliphatic rings. The Morgan fingerprint density at radius 3 is 2.87 bits per heavy atom. The average Bonchev–Trinajstić information content (AvgIpc) is 2.54. The van der Waals surface area contributed by atoms with Crippen LogP contribution in [0, 0.1) is 4.77 Å². The van der Waals surface area contributed by atoms with Crippen molar-refractivity contribution in [2.45, 2.75) is 45.7 Å². The summed E-state index contributed by atoms with van der Waals surface area (Å²) in [6.07, 6.45) is 3.27. The maximum absolute atomic E-state index is 12.7. The lowest BCUT2D eigenvalue weighted by Crippen LogP contribution is -2.42. The first kappa shape index (κ1) is 15.9. The molecule has 1 aromatic heterocycles. The summed E-state index contributed by atoms with van der Waals surface area (Å²) in [5, 5.41) is 0.559. The van der Waals surface area contributed by atoms with Crippen molar-refractivity contribution in [3.63, 3.8) is 0 Å². The molecule has 0 spiro atoms. The van der Waals surface area contributed by atoms with E-state index in [9.17, 15) is 9.59 Å². The third kappa shape index (κ3) is 2.83. The lowest BCUT2D eigenvalue weighted by Gasteiger charge is -2.33. The van der Waals surface area contributed by atoms with Gasteiger partial charge in [-0.05, 0) is 63.5 Å². The van der Waals surface area contributed by atoms with Crippen molar-refractivity contribution in [1.29, 1.82) is 0 Å². The van der Waals surface area contributed by atoms with Crippen LogP contribution in [-0.4, -0.2) is 32.9 Å². The number of amides is 1. The molecule has 5 nitrogen and oxygen atoms in total. The highest BCUT2D eigenvalue weighted by Crippen LogP contribution is 2.20. The molecule has 0 saturated carbocycles. The topological polar surface area (TPSA) is 58.1 Å². The van der Waals surface area contributed by atoms with Gasteiger partial charge in [0.15, 0.2) is 4.77 Å². The fourth-order valence-corrected chi connectivity index (χ4v) is 3.56. The van der Waals surface area contributed by atoms with Gasteiger partial charge in [-0.25, -0.2) is 0 Å². The zero-order valence-electron chi connectivity index (χ0n) is 13.5. The van der Waals surface area contributed by atoms with Gasteiger partial charge in [0.25, 0.3) is 11.5 Å². The lowest BCUT2D eigenvalue weighted by molar-refractivity contribution is 0.0636. The molecular formula is C17H21N3O2S. The summed E-state index contributed by atoms with van der Waals surface area (Å²) in [6.45, 7) is 5.29. The number of hydrogen-bond donors (Lipinski definition) is 1. The minimum Gasteiger partial charge on any atom is -0.336 e. The van der Waals surface area contributed by atoms with E-state index in [4.69, 9.17) is 12.2 Å². The molecular weight excluding hydrogens is 310 g/mol. The molecule has 0 bridgehead atoms. The molecule has 1 saturated heterocycles. The van der Waals surface area contributed by atoms with Gasteiger partial charge in [-0.2, -0.15) is 0 Å². The summed E-state index contributed by atoms with van der Waals surface area (Å²) < 4.78 is 1.91. The minimum atomic E-state index is -0.114. The van der Waals surface area contributed by atoms with Gasteiger partial charge in [-0.15, -0.1) is 0 Å². The number of benzene rings is 1. The molecule has 1 aromatic carbocycles. The van der Waals surface area contributed by atoms with Crippen molar-refractivity contribution in [3.05, 3.63) is 38.9 Å². The summed E-state index contributed by atoms with van der Waals surface area (Å²) in [5.41, 5.74) is 1.11. The zero-order valence-corrected chi connectivity index (χ0v) is 14.3. The second-order valence-corrected chi connectivity index (χ2v) is 6.47. The van der Waals surface area contributed by atoms with Crippen molar-refractivity contribution >= 4 is 29.0 Å². The maximum Gasteiger partial charge on any atom is 0.262 e. The number of nitrogens with one attached hydrogen (secondary N) is 1. The third-order valence-corrected chi connectivity index (χ3v) is 4.93. The molecule has 1 fully saturated rings. The highest BCUT2D eigenvalue weighted by Gasteiger charge is 2.24. The molecule has 3 rings (SSSR count). The van der Waals surface area contributed by atoms with Crippen molar-refractivity contribution in [2.75, 3.05) is 6.54 Å². The van der Waals surface area contributed by atoms with Gasteiger partial charge in [-0.1, -0.05) is 0 Å². The number of carbonyl (C=O) groups is 1. The number of aromatic nitrogens is 2. The molecule has 0 unspecified atom stereocenters. The lowest BCUT2D eigenvalue weighted by atomic mass is 10.0.